The van der Waals surface area contributed by atoms with Crippen LogP contribution in [0.2, 0.25) is 0 Å². The van der Waals surface area contributed by atoms with Crippen LogP contribution in [0.5, 0.6) is 0 Å². The summed E-state index contributed by atoms with van der Waals surface area (Å²) in [5.74, 6) is -0.0316. The van der Waals surface area contributed by atoms with E-state index in [1.54, 1.807) is 0 Å². The third-order valence-electron chi connectivity index (χ3n) is 4.06. The molecule has 20 heavy (non-hydrogen) atoms. The molecule has 0 radical (unpaired) electrons. The topological polar surface area (TPSA) is 53.7 Å². The summed E-state index contributed by atoms with van der Waals surface area (Å²) in [4.78, 5) is 14.6. The van der Waals surface area contributed by atoms with Gasteiger partial charge in [-0.1, -0.05) is 31.0 Å². The van der Waals surface area contributed by atoms with Crippen LogP contribution in [0.1, 0.15) is 36.0 Å². The quantitative estimate of drug-likeness (QED) is 0.915. The van der Waals surface area contributed by atoms with Crippen molar-refractivity contribution in [3.63, 3.8) is 0 Å². The molecule has 1 aliphatic rings. The van der Waals surface area contributed by atoms with Gasteiger partial charge in [0.2, 0.25) is 0 Å². The van der Waals surface area contributed by atoms with Crippen molar-refractivity contribution < 1.29 is 14.3 Å². The number of carbonyl (C=O) groups excluding carboxylic acids is 1. The number of hydrogen-bond donors (Lipinski definition) is 1. The second kappa shape index (κ2) is 5.67. The predicted molar refractivity (Wildman–Crippen MR) is 76.6 cm³/mol. The Morgan fingerprint density at radius 2 is 2.15 bits per heavy atom. The fourth-order valence-electron chi connectivity index (χ4n) is 2.93. The van der Waals surface area contributed by atoms with E-state index < -0.39 is 0 Å². The minimum atomic E-state index is -0.0707. The summed E-state index contributed by atoms with van der Waals surface area (Å²) >= 11 is 0. The average molecular weight is 273 g/mol. The summed E-state index contributed by atoms with van der Waals surface area (Å²) in [6.45, 7) is 0.741. The van der Waals surface area contributed by atoms with Crippen molar-refractivity contribution in [2.45, 2.75) is 31.7 Å². The van der Waals surface area contributed by atoms with Gasteiger partial charge >= 0.3 is 0 Å². The first-order valence-electron chi connectivity index (χ1n) is 7.19. The molecule has 1 amide bonds. The van der Waals surface area contributed by atoms with Gasteiger partial charge in [0.15, 0.2) is 0 Å². The van der Waals surface area contributed by atoms with Crippen molar-refractivity contribution in [1.82, 2.24) is 4.90 Å². The second-order valence-corrected chi connectivity index (χ2v) is 5.33. The van der Waals surface area contributed by atoms with E-state index in [2.05, 4.69) is 0 Å². The number of nitrogens with zero attached hydrogens (tertiary/aromatic N) is 1. The van der Waals surface area contributed by atoms with Crippen LogP contribution in [-0.4, -0.2) is 35.1 Å². The van der Waals surface area contributed by atoms with E-state index in [1.165, 1.54) is 6.26 Å². The lowest BCUT2D eigenvalue weighted by Crippen LogP contribution is -2.42. The average Bonchev–Trinajstić information content (AvgIpc) is 2.76. The predicted octanol–water partition coefficient (Wildman–Crippen LogP) is 2.81. The molecule has 1 fully saturated rings. The maximum Gasteiger partial charge on any atom is 0.258 e. The number of carbonyl (C=O) groups is 1. The van der Waals surface area contributed by atoms with Gasteiger partial charge in [-0.05, 0) is 18.9 Å². The van der Waals surface area contributed by atoms with Crippen LogP contribution in [0.25, 0.3) is 11.0 Å². The van der Waals surface area contributed by atoms with Crippen LogP contribution >= 0.6 is 0 Å². The van der Waals surface area contributed by atoms with Gasteiger partial charge < -0.3 is 14.4 Å². The van der Waals surface area contributed by atoms with Crippen LogP contribution in [0.4, 0.5) is 0 Å². The molecule has 106 valence electrons. The van der Waals surface area contributed by atoms with E-state index in [0.717, 1.165) is 36.7 Å². The molecular formula is C16H19NO3. The van der Waals surface area contributed by atoms with Gasteiger partial charge in [0.1, 0.15) is 11.8 Å². The Morgan fingerprint density at radius 1 is 1.30 bits per heavy atom. The molecule has 1 aromatic heterocycles. The van der Waals surface area contributed by atoms with E-state index >= 15 is 0 Å². The molecule has 0 aliphatic carbocycles. The molecule has 0 spiro atoms. The fourth-order valence-corrected chi connectivity index (χ4v) is 2.93. The van der Waals surface area contributed by atoms with Gasteiger partial charge in [-0.3, -0.25) is 4.79 Å². The minimum absolute atomic E-state index is 0.0293. The van der Waals surface area contributed by atoms with Crippen LogP contribution in [-0.2, 0) is 0 Å². The second-order valence-electron chi connectivity index (χ2n) is 5.33. The number of hydrogen-bond acceptors (Lipinski definition) is 3. The Bertz CT molecular complexity index is 605. The highest BCUT2D eigenvalue weighted by Crippen LogP contribution is 2.25. The van der Waals surface area contributed by atoms with Crippen LogP contribution in [0, 0.1) is 0 Å². The number of fused-ring (bicyclic) bond motifs is 1. The zero-order valence-corrected chi connectivity index (χ0v) is 11.4. The Hall–Kier alpha value is -1.81. The summed E-state index contributed by atoms with van der Waals surface area (Å²) in [7, 11) is 0. The minimum Gasteiger partial charge on any atom is -0.463 e. The third-order valence-corrected chi connectivity index (χ3v) is 4.06. The normalized spacial score (nSPS) is 20.1. The maximum absolute atomic E-state index is 12.8. The molecular weight excluding hydrogens is 254 g/mol. The van der Waals surface area contributed by atoms with Crippen molar-refractivity contribution in [2.24, 2.45) is 0 Å². The summed E-state index contributed by atoms with van der Waals surface area (Å²) in [6, 6.07) is 7.48. The van der Waals surface area contributed by atoms with E-state index in [4.69, 9.17) is 4.42 Å². The van der Waals surface area contributed by atoms with E-state index in [9.17, 15) is 9.90 Å². The number of benzene rings is 1. The highest BCUT2D eigenvalue weighted by Gasteiger charge is 2.27. The first-order chi connectivity index (χ1) is 9.81. The van der Waals surface area contributed by atoms with Gasteiger partial charge in [0, 0.05) is 11.9 Å². The lowest BCUT2D eigenvalue weighted by Gasteiger charge is -2.28. The Labute approximate surface area is 118 Å². The molecule has 0 saturated carbocycles. The molecule has 4 nitrogen and oxygen atoms in total. The van der Waals surface area contributed by atoms with Crippen molar-refractivity contribution in [3.05, 3.63) is 36.1 Å². The van der Waals surface area contributed by atoms with Crippen molar-refractivity contribution >= 4 is 16.9 Å². The van der Waals surface area contributed by atoms with E-state index in [1.807, 2.05) is 29.2 Å². The lowest BCUT2D eigenvalue weighted by molar-refractivity contribution is 0.0601. The van der Waals surface area contributed by atoms with Crippen molar-refractivity contribution in [1.29, 1.82) is 0 Å². The summed E-state index contributed by atoms with van der Waals surface area (Å²) in [5, 5.41) is 10.4. The van der Waals surface area contributed by atoms with Gasteiger partial charge in [-0.2, -0.15) is 0 Å². The molecule has 1 aliphatic heterocycles. The van der Waals surface area contributed by atoms with E-state index in [-0.39, 0.29) is 18.6 Å². The molecule has 1 unspecified atom stereocenters. The molecule has 4 heteroatoms. The van der Waals surface area contributed by atoms with Gasteiger partial charge in [-0.25, -0.2) is 0 Å². The summed E-state index contributed by atoms with van der Waals surface area (Å²) in [6.07, 6.45) is 5.59. The molecule has 1 atom stereocenters. The van der Waals surface area contributed by atoms with Gasteiger partial charge in [0.25, 0.3) is 5.91 Å². The standard InChI is InChI=1S/C16H19NO3/c18-10-12-6-2-1-5-9-17(12)16(19)14-11-20-15-8-4-3-7-13(14)15/h3-4,7-8,11-12,18H,1-2,5-6,9-10H2. The lowest BCUT2D eigenvalue weighted by atomic mass is 10.1. The van der Waals surface area contributed by atoms with Crippen LogP contribution < -0.4 is 0 Å². The summed E-state index contributed by atoms with van der Waals surface area (Å²) < 4.78 is 5.45. The monoisotopic (exact) mass is 273 g/mol. The molecule has 3 rings (SSSR count). The van der Waals surface area contributed by atoms with Crippen molar-refractivity contribution in [2.75, 3.05) is 13.2 Å². The van der Waals surface area contributed by atoms with E-state index in [0.29, 0.717) is 12.1 Å². The van der Waals surface area contributed by atoms with Gasteiger partial charge in [0.05, 0.1) is 18.2 Å². The number of rotatable bonds is 2. The highest BCUT2D eigenvalue weighted by atomic mass is 16.3. The molecule has 1 aromatic carbocycles. The van der Waals surface area contributed by atoms with Gasteiger partial charge in [-0.15, -0.1) is 0 Å². The molecule has 2 aromatic rings. The number of para-hydroxylation sites is 1. The number of furan rings is 1. The molecule has 1 N–H and O–H groups in total. The summed E-state index contributed by atoms with van der Waals surface area (Å²) in [5.41, 5.74) is 1.33. The highest BCUT2D eigenvalue weighted by molar-refractivity contribution is 6.06. The SMILES string of the molecule is O=C(c1coc2ccccc12)N1CCCCCC1CO. The number of aliphatic hydroxyl groups excluding tert-OH is 1. The Morgan fingerprint density at radius 3 is 3.00 bits per heavy atom. The number of likely N-dealkylation sites (tertiary alicyclic amines) is 1. The maximum atomic E-state index is 12.8. The number of aliphatic hydroxyl groups is 1. The molecule has 2 heterocycles. The Balaban J connectivity index is 1.94. The third kappa shape index (κ3) is 2.31. The smallest absolute Gasteiger partial charge is 0.258 e. The van der Waals surface area contributed by atoms with Crippen molar-refractivity contribution in [3.8, 4) is 0 Å². The first kappa shape index (κ1) is 13.2. The van der Waals surface area contributed by atoms with Crippen LogP contribution in [0.15, 0.2) is 34.9 Å². The number of amides is 1. The molecule has 1 saturated heterocycles. The largest absolute Gasteiger partial charge is 0.463 e. The zero-order valence-electron chi connectivity index (χ0n) is 11.4. The van der Waals surface area contributed by atoms with Crippen LogP contribution in [0.3, 0.4) is 0 Å². The zero-order chi connectivity index (χ0) is 13.9. The fraction of sp³-hybridized carbons (Fsp3) is 0.438. The first-order valence-corrected chi connectivity index (χ1v) is 7.19. The Kier molecular flexibility index (Phi) is 3.74. The molecule has 0 bridgehead atoms.